The number of aryl methyl sites for hydroxylation is 2. The number of carbonyl (C=O) groups excluding carboxylic acids is 1. The van der Waals surface area contributed by atoms with Crippen molar-refractivity contribution < 1.29 is 4.79 Å². The fourth-order valence-electron chi connectivity index (χ4n) is 3.12. The Labute approximate surface area is 158 Å². The van der Waals surface area contributed by atoms with Gasteiger partial charge in [0.1, 0.15) is 21.8 Å². The van der Waals surface area contributed by atoms with Crippen LogP contribution >= 0.6 is 22.9 Å². The number of fused-ring (bicyclic) bond motifs is 1. The van der Waals surface area contributed by atoms with Gasteiger partial charge in [0.2, 0.25) is 5.91 Å². The van der Waals surface area contributed by atoms with Crippen LogP contribution in [0.5, 0.6) is 0 Å². The molecule has 1 amide bonds. The molecule has 2 aromatic rings. The molecule has 0 N–H and O–H groups in total. The molecule has 1 atom stereocenters. The molecular formula is C18H25ClN4OS. The van der Waals surface area contributed by atoms with Crippen LogP contribution < -0.4 is 4.90 Å². The van der Waals surface area contributed by atoms with Gasteiger partial charge in [-0.1, -0.05) is 13.8 Å². The summed E-state index contributed by atoms with van der Waals surface area (Å²) in [5, 5.41) is 0.698. The molecule has 1 aliphatic rings. The minimum absolute atomic E-state index is 0.0135. The SMILES string of the molecule is Cc1sc2nc(C(C)C)nc(N3CCN(C(=O)C(C)Cl)CC3)c2c1C. The molecule has 1 aliphatic heterocycles. The van der Waals surface area contributed by atoms with Crippen molar-refractivity contribution in [2.24, 2.45) is 0 Å². The van der Waals surface area contributed by atoms with E-state index < -0.39 is 5.38 Å². The predicted octanol–water partition coefficient (Wildman–Crippen LogP) is 3.71. The summed E-state index contributed by atoms with van der Waals surface area (Å²) in [4.78, 5) is 28.3. The molecule has 0 aromatic carbocycles. The monoisotopic (exact) mass is 380 g/mol. The van der Waals surface area contributed by atoms with Crippen molar-refractivity contribution in [1.29, 1.82) is 0 Å². The first-order chi connectivity index (χ1) is 11.8. The number of halogens is 1. The van der Waals surface area contributed by atoms with E-state index in [1.54, 1.807) is 18.3 Å². The van der Waals surface area contributed by atoms with Crippen LogP contribution in [0.15, 0.2) is 0 Å². The summed E-state index contributed by atoms with van der Waals surface area (Å²) < 4.78 is 0. The molecule has 0 spiro atoms. The van der Waals surface area contributed by atoms with E-state index in [1.807, 2.05) is 4.90 Å². The standard InChI is InChI=1S/C18H25ClN4OS/c1-10(2)15-20-16(14-11(3)13(5)25-17(14)21-15)22-6-8-23(9-7-22)18(24)12(4)19/h10,12H,6-9H2,1-5H3. The van der Waals surface area contributed by atoms with Crippen LogP contribution in [-0.4, -0.2) is 52.3 Å². The summed E-state index contributed by atoms with van der Waals surface area (Å²) in [7, 11) is 0. The van der Waals surface area contributed by atoms with Gasteiger partial charge >= 0.3 is 0 Å². The summed E-state index contributed by atoms with van der Waals surface area (Å²) in [5.74, 6) is 2.20. The molecule has 0 bridgehead atoms. The summed E-state index contributed by atoms with van der Waals surface area (Å²) in [6.07, 6.45) is 0. The Hall–Kier alpha value is -1.40. The molecule has 0 radical (unpaired) electrons. The second-order valence-electron chi connectivity index (χ2n) is 6.95. The lowest BCUT2D eigenvalue weighted by Gasteiger charge is -2.36. The Morgan fingerprint density at radius 3 is 2.32 bits per heavy atom. The highest BCUT2D eigenvalue weighted by Gasteiger charge is 2.27. The molecule has 7 heteroatoms. The summed E-state index contributed by atoms with van der Waals surface area (Å²) in [5.41, 5.74) is 1.26. The number of thiophene rings is 1. The Morgan fingerprint density at radius 1 is 1.12 bits per heavy atom. The second kappa shape index (κ2) is 7.08. The molecule has 3 heterocycles. The molecule has 136 valence electrons. The first-order valence-corrected chi connectivity index (χ1v) is 10.00. The van der Waals surface area contributed by atoms with Crippen molar-refractivity contribution in [3.8, 4) is 0 Å². The van der Waals surface area contributed by atoms with Crippen LogP contribution in [0.1, 0.15) is 43.0 Å². The van der Waals surface area contributed by atoms with Crippen molar-refractivity contribution in [3.63, 3.8) is 0 Å². The highest BCUT2D eigenvalue weighted by molar-refractivity contribution is 7.18. The minimum atomic E-state index is -0.466. The fraction of sp³-hybridized carbons (Fsp3) is 0.611. The van der Waals surface area contributed by atoms with Crippen LogP contribution in [0.2, 0.25) is 0 Å². The maximum absolute atomic E-state index is 12.1. The number of anilines is 1. The van der Waals surface area contributed by atoms with Gasteiger partial charge in [0.15, 0.2) is 0 Å². The third-order valence-corrected chi connectivity index (χ3v) is 6.06. The molecule has 1 fully saturated rings. The Bertz CT molecular complexity index is 794. The third-order valence-electron chi connectivity index (χ3n) is 4.77. The zero-order valence-corrected chi connectivity index (χ0v) is 17.0. The average Bonchev–Trinajstić information content (AvgIpc) is 2.88. The average molecular weight is 381 g/mol. The lowest BCUT2D eigenvalue weighted by molar-refractivity contribution is -0.130. The zero-order chi connectivity index (χ0) is 18.3. The quantitative estimate of drug-likeness (QED) is 0.761. The molecular weight excluding hydrogens is 356 g/mol. The van der Waals surface area contributed by atoms with Crippen molar-refractivity contribution in [2.75, 3.05) is 31.1 Å². The van der Waals surface area contributed by atoms with E-state index in [9.17, 15) is 4.79 Å². The van der Waals surface area contributed by atoms with Crippen LogP contribution in [0, 0.1) is 13.8 Å². The van der Waals surface area contributed by atoms with Crippen molar-refractivity contribution in [2.45, 2.75) is 45.9 Å². The van der Waals surface area contributed by atoms with Crippen molar-refractivity contribution in [3.05, 3.63) is 16.3 Å². The molecule has 25 heavy (non-hydrogen) atoms. The Kier molecular flexibility index (Phi) is 5.21. The first kappa shape index (κ1) is 18.4. The molecule has 0 saturated carbocycles. The topological polar surface area (TPSA) is 49.3 Å². The van der Waals surface area contributed by atoms with E-state index in [1.165, 1.54) is 10.4 Å². The minimum Gasteiger partial charge on any atom is -0.352 e. The number of hydrogen-bond donors (Lipinski definition) is 0. The smallest absolute Gasteiger partial charge is 0.240 e. The van der Waals surface area contributed by atoms with Gasteiger partial charge in [-0.25, -0.2) is 9.97 Å². The molecule has 1 saturated heterocycles. The summed E-state index contributed by atoms with van der Waals surface area (Å²) in [6.45, 7) is 13.2. The molecule has 2 aromatic heterocycles. The van der Waals surface area contributed by atoms with E-state index in [-0.39, 0.29) is 11.8 Å². The van der Waals surface area contributed by atoms with Gasteiger partial charge in [0.05, 0.1) is 5.39 Å². The number of aromatic nitrogens is 2. The number of rotatable bonds is 3. The molecule has 3 rings (SSSR count). The van der Waals surface area contributed by atoms with Crippen molar-refractivity contribution in [1.82, 2.24) is 14.9 Å². The Balaban J connectivity index is 1.94. The van der Waals surface area contributed by atoms with Crippen LogP contribution in [0.3, 0.4) is 0 Å². The van der Waals surface area contributed by atoms with E-state index in [4.69, 9.17) is 21.6 Å². The van der Waals surface area contributed by atoms with Gasteiger partial charge in [-0.05, 0) is 26.3 Å². The lowest BCUT2D eigenvalue weighted by Crippen LogP contribution is -2.50. The van der Waals surface area contributed by atoms with E-state index in [0.717, 1.165) is 34.9 Å². The van der Waals surface area contributed by atoms with Crippen molar-refractivity contribution >= 4 is 44.9 Å². The number of hydrogen-bond acceptors (Lipinski definition) is 5. The van der Waals surface area contributed by atoms with Gasteiger partial charge in [0, 0.05) is 37.0 Å². The summed E-state index contributed by atoms with van der Waals surface area (Å²) in [6, 6.07) is 0. The van der Waals surface area contributed by atoms with Gasteiger partial charge in [0.25, 0.3) is 0 Å². The van der Waals surface area contributed by atoms with Crippen LogP contribution in [0.4, 0.5) is 5.82 Å². The van der Waals surface area contributed by atoms with Gasteiger partial charge in [-0.15, -0.1) is 22.9 Å². The van der Waals surface area contributed by atoms with Gasteiger partial charge < -0.3 is 9.80 Å². The molecule has 1 unspecified atom stereocenters. The number of alkyl halides is 1. The van der Waals surface area contributed by atoms with Crippen LogP contribution in [-0.2, 0) is 4.79 Å². The van der Waals surface area contributed by atoms with E-state index in [0.29, 0.717) is 13.1 Å². The number of carbonyl (C=O) groups is 1. The largest absolute Gasteiger partial charge is 0.352 e. The molecule has 5 nitrogen and oxygen atoms in total. The van der Waals surface area contributed by atoms with E-state index >= 15 is 0 Å². The fourth-order valence-corrected chi connectivity index (χ4v) is 4.29. The highest BCUT2D eigenvalue weighted by atomic mass is 35.5. The van der Waals surface area contributed by atoms with Crippen LogP contribution in [0.25, 0.3) is 10.2 Å². The molecule has 0 aliphatic carbocycles. The maximum atomic E-state index is 12.1. The van der Waals surface area contributed by atoms with E-state index in [2.05, 4.69) is 32.6 Å². The number of nitrogens with zero attached hydrogens (tertiary/aromatic N) is 4. The predicted molar refractivity (Wildman–Crippen MR) is 105 cm³/mol. The van der Waals surface area contributed by atoms with Gasteiger partial charge in [-0.3, -0.25) is 4.79 Å². The Morgan fingerprint density at radius 2 is 1.76 bits per heavy atom. The maximum Gasteiger partial charge on any atom is 0.240 e. The normalized spacial score (nSPS) is 16.8. The third kappa shape index (κ3) is 3.47. The second-order valence-corrected chi connectivity index (χ2v) is 8.81. The highest BCUT2D eigenvalue weighted by Crippen LogP contribution is 2.36. The zero-order valence-electron chi connectivity index (χ0n) is 15.5. The first-order valence-electron chi connectivity index (χ1n) is 8.75. The van der Waals surface area contributed by atoms with Gasteiger partial charge in [-0.2, -0.15) is 0 Å². The number of piperazine rings is 1. The lowest BCUT2D eigenvalue weighted by atomic mass is 10.1. The number of amides is 1. The summed E-state index contributed by atoms with van der Waals surface area (Å²) >= 11 is 7.69.